The Kier molecular flexibility index (Phi) is 2.70. The molecule has 1 aromatic rings. The fourth-order valence-electron chi connectivity index (χ4n) is 1.62. The second-order valence-corrected chi connectivity index (χ2v) is 6.00. The smallest absolute Gasteiger partial charge is 0.340 e. The first-order valence-electron chi connectivity index (χ1n) is 5.12. The first-order valence-corrected chi connectivity index (χ1v) is 6.56. The van der Waals surface area contributed by atoms with Gasteiger partial charge in [0.2, 0.25) is 5.03 Å². The minimum atomic E-state index is -3.82. The number of sulfonamides is 1. The van der Waals surface area contributed by atoms with Gasteiger partial charge in [0.25, 0.3) is 10.0 Å². The third-order valence-corrected chi connectivity index (χ3v) is 4.65. The van der Waals surface area contributed by atoms with Crippen LogP contribution in [-0.2, 0) is 10.0 Å². The first kappa shape index (κ1) is 12.1. The molecule has 1 saturated carbocycles. The van der Waals surface area contributed by atoms with Crippen LogP contribution in [0.2, 0.25) is 0 Å². The van der Waals surface area contributed by atoms with Gasteiger partial charge < -0.3 is 5.11 Å². The van der Waals surface area contributed by atoms with Gasteiger partial charge in [0.15, 0.2) is 0 Å². The summed E-state index contributed by atoms with van der Waals surface area (Å²) < 4.78 is 25.5. The molecule has 2 N–H and O–H groups in total. The van der Waals surface area contributed by atoms with Crippen molar-refractivity contribution < 1.29 is 18.3 Å². The van der Waals surface area contributed by atoms with E-state index in [0.29, 0.717) is 0 Å². The summed E-state index contributed by atoms with van der Waals surface area (Å²) >= 11 is 0. The zero-order valence-electron chi connectivity index (χ0n) is 9.47. The van der Waals surface area contributed by atoms with E-state index in [9.17, 15) is 13.2 Å². The maximum atomic E-state index is 12.1. The van der Waals surface area contributed by atoms with Gasteiger partial charge in [-0.1, -0.05) is 0 Å². The summed E-state index contributed by atoms with van der Waals surface area (Å²) in [5.74, 6) is -1.29. The monoisotopic (exact) mass is 259 g/mol. The predicted octanol–water partition coefficient (Wildman–Crippen LogP) is 0.199. The number of aryl methyl sites for hydroxylation is 1. The van der Waals surface area contributed by atoms with E-state index in [0.717, 1.165) is 12.8 Å². The van der Waals surface area contributed by atoms with Crippen molar-refractivity contribution in [1.29, 1.82) is 0 Å². The van der Waals surface area contributed by atoms with Gasteiger partial charge in [-0.2, -0.15) is 9.40 Å². The van der Waals surface area contributed by atoms with Gasteiger partial charge in [-0.15, -0.1) is 0 Å². The molecule has 0 aliphatic heterocycles. The maximum Gasteiger partial charge on any atom is 0.340 e. The number of aromatic carboxylic acids is 1. The number of aromatic nitrogens is 2. The van der Waals surface area contributed by atoms with E-state index < -0.39 is 21.0 Å². The standard InChI is InChI=1S/C9H13N3O4S/c1-5-7(9(13)14)8(11-10-5)17(15,16)12(2)6-3-4-6/h6H,3-4H2,1-2H3,(H,10,11)(H,13,14). The summed E-state index contributed by atoms with van der Waals surface area (Å²) in [6, 6.07) is -0.0290. The molecular weight excluding hydrogens is 246 g/mol. The minimum Gasteiger partial charge on any atom is -0.478 e. The number of hydrogen-bond donors (Lipinski definition) is 2. The Morgan fingerprint density at radius 3 is 2.59 bits per heavy atom. The Morgan fingerprint density at radius 1 is 1.53 bits per heavy atom. The zero-order valence-corrected chi connectivity index (χ0v) is 10.3. The molecule has 2 rings (SSSR count). The molecule has 17 heavy (non-hydrogen) atoms. The normalized spacial score (nSPS) is 16.4. The Hall–Kier alpha value is -1.41. The summed E-state index contributed by atoms with van der Waals surface area (Å²) in [6.45, 7) is 1.48. The molecule has 8 heteroatoms. The van der Waals surface area contributed by atoms with Crippen LogP contribution in [0.1, 0.15) is 28.9 Å². The molecular formula is C9H13N3O4S. The van der Waals surface area contributed by atoms with Crippen molar-refractivity contribution in [2.75, 3.05) is 7.05 Å². The Bertz CT molecular complexity index is 559. The zero-order chi connectivity index (χ0) is 12.8. The molecule has 1 aliphatic carbocycles. The molecule has 0 saturated heterocycles. The van der Waals surface area contributed by atoms with Crippen LogP contribution in [0.15, 0.2) is 5.03 Å². The summed E-state index contributed by atoms with van der Waals surface area (Å²) in [7, 11) is -2.37. The van der Waals surface area contributed by atoms with Crippen molar-refractivity contribution in [2.45, 2.75) is 30.8 Å². The Labute approximate surface area is 98.5 Å². The minimum absolute atomic E-state index is 0.0290. The van der Waals surface area contributed by atoms with Crippen LogP contribution in [0.3, 0.4) is 0 Å². The highest BCUT2D eigenvalue weighted by Crippen LogP contribution is 2.31. The van der Waals surface area contributed by atoms with Crippen molar-refractivity contribution in [3.05, 3.63) is 11.3 Å². The number of hydrogen-bond acceptors (Lipinski definition) is 4. The SMILES string of the molecule is Cc1[nH]nc(S(=O)(=O)N(C)C2CC2)c1C(=O)O. The lowest BCUT2D eigenvalue weighted by Gasteiger charge is -2.14. The lowest BCUT2D eigenvalue weighted by molar-refractivity contribution is 0.0691. The number of nitrogens with zero attached hydrogens (tertiary/aromatic N) is 2. The summed E-state index contributed by atoms with van der Waals surface area (Å²) in [6.07, 6.45) is 1.61. The first-order chi connectivity index (χ1) is 7.85. The third kappa shape index (κ3) is 1.93. The molecule has 0 amide bonds. The van der Waals surface area contributed by atoms with Crippen LogP contribution in [0.25, 0.3) is 0 Å². The number of rotatable bonds is 4. The van der Waals surface area contributed by atoms with E-state index in [1.807, 2.05) is 0 Å². The highest BCUT2D eigenvalue weighted by molar-refractivity contribution is 7.89. The van der Waals surface area contributed by atoms with Crippen LogP contribution in [0.5, 0.6) is 0 Å². The average molecular weight is 259 g/mol. The number of carboxylic acids is 1. The summed E-state index contributed by atoms with van der Waals surface area (Å²) in [4.78, 5) is 11.0. The maximum absolute atomic E-state index is 12.1. The summed E-state index contributed by atoms with van der Waals surface area (Å²) in [5.41, 5.74) is -0.0437. The molecule has 94 valence electrons. The number of carboxylic acid groups (broad SMARTS) is 1. The van der Waals surface area contributed by atoms with Gasteiger partial charge >= 0.3 is 5.97 Å². The van der Waals surface area contributed by atoms with E-state index in [2.05, 4.69) is 10.2 Å². The quantitative estimate of drug-likeness (QED) is 0.803. The average Bonchev–Trinajstić information content (AvgIpc) is 2.99. The second kappa shape index (κ2) is 3.81. The van der Waals surface area contributed by atoms with E-state index in [1.165, 1.54) is 18.3 Å². The van der Waals surface area contributed by atoms with Crippen molar-refractivity contribution in [3.8, 4) is 0 Å². The van der Waals surface area contributed by atoms with Gasteiger partial charge in [-0.05, 0) is 19.8 Å². The van der Waals surface area contributed by atoms with E-state index in [-0.39, 0.29) is 17.3 Å². The molecule has 0 bridgehead atoms. The predicted molar refractivity (Wildman–Crippen MR) is 58.3 cm³/mol. The van der Waals surface area contributed by atoms with Crippen LogP contribution in [-0.4, -0.2) is 47.1 Å². The van der Waals surface area contributed by atoms with Crippen LogP contribution >= 0.6 is 0 Å². The van der Waals surface area contributed by atoms with Crippen molar-refractivity contribution in [1.82, 2.24) is 14.5 Å². The molecule has 1 aromatic heterocycles. The number of nitrogens with one attached hydrogen (secondary N) is 1. The Morgan fingerprint density at radius 2 is 2.12 bits per heavy atom. The molecule has 1 aliphatic rings. The van der Waals surface area contributed by atoms with Gasteiger partial charge in [-0.25, -0.2) is 13.2 Å². The lowest BCUT2D eigenvalue weighted by Crippen LogP contribution is -2.30. The van der Waals surface area contributed by atoms with E-state index in [1.54, 1.807) is 0 Å². The fraction of sp³-hybridized carbons (Fsp3) is 0.556. The molecule has 0 radical (unpaired) electrons. The van der Waals surface area contributed by atoms with Gasteiger partial charge in [0, 0.05) is 18.8 Å². The molecule has 0 aromatic carbocycles. The molecule has 1 fully saturated rings. The molecule has 7 nitrogen and oxygen atoms in total. The number of carbonyl (C=O) groups is 1. The molecule has 0 spiro atoms. The third-order valence-electron chi connectivity index (χ3n) is 2.81. The number of aromatic amines is 1. The van der Waals surface area contributed by atoms with Crippen molar-refractivity contribution in [3.63, 3.8) is 0 Å². The van der Waals surface area contributed by atoms with Crippen LogP contribution in [0, 0.1) is 6.92 Å². The number of H-pyrrole nitrogens is 1. The van der Waals surface area contributed by atoms with Crippen molar-refractivity contribution >= 4 is 16.0 Å². The topological polar surface area (TPSA) is 103 Å². The second-order valence-electron chi connectivity index (χ2n) is 4.09. The van der Waals surface area contributed by atoms with Crippen LogP contribution in [0.4, 0.5) is 0 Å². The highest BCUT2D eigenvalue weighted by atomic mass is 32.2. The molecule has 0 unspecified atom stereocenters. The van der Waals surface area contributed by atoms with Gasteiger partial charge in [-0.3, -0.25) is 5.10 Å². The Balaban J connectivity index is 2.49. The van der Waals surface area contributed by atoms with Crippen molar-refractivity contribution in [2.24, 2.45) is 0 Å². The fourth-order valence-corrected chi connectivity index (χ4v) is 3.15. The lowest BCUT2D eigenvalue weighted by atomic mass is 10.3. The summed E-state index contributed by atoms with van der Waals surface area (Å²) in [5, 5.41) is 14.6. The van der Waals surface area contributed by atoms with E-state index in [4.69, 9.17) is 5.11 Å². The van der Waals surface area contributed by atoms with Gasteiger partial charge in [0.1, 0.15) is 5.56 Å². The highest BCUT2D eigenvalue weighted by Gasteiger charge is 2.39. The van der Waals surface area contributed by atoms with E-state index >= 15 is 0 Å². The largest absolute Gasteiger partial charge is 0.478 e. The van der Waals surface area contributed by atoms with Crippen LogP contribution < -0.4 is 0 Å². The molecule has 0 atom stereocenters. The van der Waals surface area contributed by atoms with Gasteiger partial charge in [0.05, 0.1) is 0 Å². The molecule has 1 heterocycles.